The summed E-state index contributed by atoms with van der Waals surface area (Å²) in [6.07, 6.45) is 4.97. The highest BCUT2D eigenvalue weighted by molar-refractivity contribution is 5.87. The van der Waals surface area contributed by atoms with Crippen LogP contribution in [0.1, 0.15) is 40.7 Å². The van der Waals surface area contributed by atoms with Gasteiger partial charge in [0.15, 0.2) is 0 Å². The van der Waals surface area contributed by atoms with Gasteiger partial charge in [-0.05, 0) is 47.9 Å². The van der Waals surface area contributed by atoms with Crippen LogP contribution in [-0.4, -0.2) is 17.6 Å². The van der Waals surface area contributed by atoms with E-state index in [0.717, 1.165) is 25.1 Å². The van der Waals surface area contributed by atoms with Crippen LogP contribution in [0, 0.1) is 5.41 Å². The number of aromatic carboxylic acids is 1. The van der Waals surface area contributed by atoms with Crippen molar-refractivity contribution in [1.29, 1.82) is 0 Å². The van der Waals surface area contributed by atoms with E-state index in [1.54, 1.807) is 12.1 Å². The molecule has 1 saturated carbocycles. The van der Waals surface area contributed by atoms with Crippen LogP contribution in [0.3, 0.4) is 0 Å². The molecule has 0 bridgehead atoms. The average molecular weight is 309 g/mol. The predicted molar refractivity (Wildman–Crippen MR) is 91.5 cm³/mol. The zero-order valence-electron chi connectivity index (χ0n) is 13.3. The van der Waals surface area contributed by atoms with Gasteiger partial charge in [-0.25, -0.2) is 4.79 Å². The van der Waals surface area contributed by atoms with Crippen LogP contribution in [0.25, 0.3) is 0 Å². The highest BCUT2D eigenvalue weighted by Crippen LogP contribution is 2.43. The molecule has 2 N–H and O–H groups in total. The second-order valence-electron chi connectivity index (χ2n) is 6.63. The Bertz CT molecular complexity index is 662. The lowest BCUT2D eigenvalue weighted by molar-refractivity contribution is 0.0696. The van der Waals surface area contributed by atoms with Crippen molar-refractivity contribution >= 4 is 5.97 Å². The lowest BCUT2D eigenvalue weighted by Gasteiger charge is -2.42. The summed E-state index contributed by atoms with van der Waals surface area (Å²) in [7, 11) is 0. The minimum absolute atomic E-state index is 0.354. The Morgan fingerprint density at radius 1 is 1.04 bits per heavy atom. The summed E-state index contributed by atoms with van der Waals surface area (Å²) in [5, 5.41) is 12.6. The smallest absolute Gasteiger partial charge is 0.335 e. The molecule has 120 valence electrons. The van der Waals surface area contributed by atoms with E-state index in [-0.39, 0.29) is 0 Å². The maximum absolute atomic E-state index is 11.0. The molecule has 0 unspecified atom stereocenters. The van der Waals surface area contributed by atoms with Crippen molar-refractivity contribution in [1.82, 2.24) is 5.32 Å². The number of rotatable bonds is 7. The molecular weight excluding hydrogens is 286 g/mol. The monoisotopic (exact) mass is 309 g/mol. The molecule has 3 nitrogen and oxygen atoms in total. The van der Waals surface area contributed by atoms with Crippen LogP contribution in [0.15, 0.2) is 54.6 Å². The Morgan fingerprint density at radius 2 is 1.78 bits per heavy atom. The summed E-state index contributed by atoms with van der Waals surface area (Å²) < 4.78 is 0. The summed E-state index contributed by atoms with van der Waals surface area (Å²) in [4.78, 5) is 11.0. The van der Waals surface area contributed by atoms with Gasteiger partial charge in [-0.1, -0.05) is 48.9 Å². The fraction of sp³-hybridized carbons (Fsp3) is 0.350. The van der Waals surface area contributed by atoms with Crippen molar-refractivity contribution in [2.45, 2.75) is 32.2 Å². The maximum atomic E-state index is 11.0. The minimum atomic E-state index is -0.869. The number of carboxylic acid groups (broad SMARTS) is 1. The Kier molecular flexibility index (Phi) is 4.77. The maximum Gasteiger partial charge on any atom is 0.335 e. The average Bonchev–Trinajstić information content (AvgIpc) is 2.53. The molecule has 0 atom stereocenters. The van der Waals surface area contributed by atoms with Crippen molar-refractivity contribution in [3.05, 3.63) is 71.3 Å². The third-order valence-electron chi connectivity index (χ3n) is 4.84. The van der Waals surface area contributed by atoms with Gasteiger partial charge in [0.1, 0.15) is 0 Å². The molecule has 2 aromatic rings. The fourth-order valence-electron chi connectivity index (χ4n) is 3.41. The minimum Gasteiger partial charge on any atom is -0.478 e. The zero-order valence-corrected chi connectivity index (χ0v) is 13.3. The fourth-order valence-corrected chi connectivity index (χ4v) is 3.41. The van der Waals surface area contributed by atoms with Gasteiger partial charge in [0.25, 0.3) is 0 Å². The lowest BCUT2D eigenvalue weighted by Crippen LogP contribution is -2.41. The molecule has 1 fully saturated rings. The van der Waals surface area contributed by atoms with Crippen molar-refractivity contribution in [2.75, 3.05) is 6.54 Å². The first-order chi connectivity index (χ1) is 11.2. The van der Waals surface area contributed by atoms with Crippen LogP contribution in [0.4, 0.5) is 0 Å². The van der Waals surface area contributed by atoms with Gasteiger partial charge in [-0.15, -0.1) is 0 Å². The highest BCUT2D eigenvalue weighted by atomic mass is 16.4. The third-order valence-corrected chi connectivity index (χ3v) is 4.84. The molecule has 3 rings (SSSR count). The molecule has 0 radical (unpaired) electrons. The Balaban J connectivity index is 1.56. The van der Waals surface area contributed by atoms with Crippen LogP contribution >= 0.6 is 0 Å². The van der Waals surface area contributed by atoms with Gasteiger partial charge in [0.05, 0.1) is 5.56 Å². The van der Waals surface area contributed by atoms with E-state index < -0.39 is 5.97 Å². The molecule has 0 amide bonds. The molecule has 0 heterocycles. The number of carboxylic acids is 1. The number of benzene rings is 2. The third kappa shape index (κ3) is 3.99. The van der Waals surface area contributed by atoms with Crippen molar-refractivity contribution < 1.29 is 9.90 Å². The normalized spacial score (nSPS) is 15.8. The van der Waals surface area contributed by atoms with E-state index in [2.05, 4.69) is 35.6 Å². The summed E-state index contributed by atoms with van der Waals surface area (Å²) in [5.41, 5.74) is 3.15. The highest BCUT2D eigenvalue weighted by Gasteiger charge is 2.36. The van der Waals surface area contributed by atoms with Gasteiger partial charge in [-0.3, -0.25) is 0 Å². The molecule has 0 aromatic heterocycles. The topological polar surface area (TPSA) is 49.3 Å². The molecular formula is C20H23NO2. The SMILES string of the molecule is O=C(O)c1cccc(CNCC2(Cc3ccccc3)CCC2)c1. The summed E-state index contributed by atoms with van der Waals surface area (Å²) in [6, 6.07) is 17.8. The van der Waals surface area contributed by atoms with Crippen molar-refractivity contribution in [3.63, 3.8) is 0 Å². The van der Waals surface area contributed by atoms with Crippen LogP contribution in [0.2, 0.25) is 0 Å². The molecule has 1 aliphatic carbocycles. The van der Waals surface area contributed by atoms with Crippen LogP contribution < -0.4 is 5.32 Å². The Morgan fingerprint density at radius 3 is 2.43 bits per heavy atom. The van der Waals surface area contributed by atoms with Gasteiger partial charge in [0, 0.05) is 13.1 Å². The molecule has 3 heteroatoms. The summed E-state index contributed by atoms with van der Waals surface area (Å²) >= 11 is 0. The van der Waals surface area contributed by atoms with Crippen LogP contribution in [-0.2, 0) is 13.0 Å². The van der Waals surface area contributed by atoms with Gasteiger partial charge >= 0.3 is 5.97 Å². The van der Waals surface area contributed by atoms with E-state index >= 15 is 0 Å². The van der Waals surface area contributed by atoms with E-state index in [0.29, 0.717) is 11.0 Å². The standard InChI is InChI=1S/C20H23NO2/c22-19(23)18-9-4-8-17(12-18)14-21-15-20(10-5-11-20)13-16-6-2-1-3-7-16/h1-4,6-9,12,21H,5,10-11,13-15H2,(H,22,23). The number of carbonyl (C=O) groups is 1. The predicted octanol–water partition coefficient (Wildman–Crippen LogP) is 3.89. The Hall–Kier alpha value is -2.13. The van der Waals surface area contributed by atoms with Gasteiger partial charge in [-0.2, -0.15) is 0 Å². The summed E-state index contributed by atoms with van der Waals surface area (Å²) in [6.45, 7) is 1.71. The first-order valence-electron chi connectivity index (χ1n) is 8.24. The molecule has 2 aromatic carbocycles. The van der Waals surface area contributed by atoms with E-state index in [1.807, 2.05) is 12.1 Å². The second-order valence-corrected chi connectivity index (χ2v) is 6.63. The van der Waals surface area contributed by atoms with E-state index in [9.17, 15) is 4.79 Å². The zero-order chi connectivity index (χ0) is 16.1. The molecule has 0 aliphatic heterocycles. The lowest BCUT2D eigenvalue weighted by atomic mass is 9.65. The van der Waals surface area contributed by atoms with Crippen molar-refractivity contribution in [2.24, 2.45) is 5.41 Å². The number of hydrogen-bond acceptors (Lipinski definition) is 2. The van der Waals surface area contributed by atoms with Gasteiger partial charge < -0.3 is 10.4 Å². The number of nitrogens with one attached hydrogen (secondary N) is 1. The molecule has 0 spiro atoms. The molecule has 1 aliphatic rings. The quantitative estimate of drug-likeness (QED) is 0.816. The molecule has 0 saturated heterocycles. The Labute approximate surface area is 137 Å². The largest absolute Gasteiger partial charge is 0.478 e. The van der Waals surface area contributed by atoms with E-state index in [4.69, 9.17) is 5.11 Å². The van der Waals surface area contributed by atoms with Gasteiger partial charge in [0.2, 0.25) is 0 Å². The van der Waals surface area contributed by atoms with Crippen LogP contribution in [0.5, 0.6) is 0 Å². The van der Waals surface area contributed by atoms with Crippen molar-refractivity contribution in [3.8, 4) is 0 Å². The number of hydrogen-bond donors (Lipinski definition) is 2. The first-order valence-corrected chi connectivity index (χ1v) is 8.24. The second kappa shape index (κ2) is 6.97. The van der Waals surface area contributed by atoms with E-state index in [1.165, 1.54) is 24.8 Å². The first kappa shape index (κ1) is 15.8. The summed E-state index contributed by atoms with van der Waals surface area (Å²) in [5.74, 6) is -0.869. The molecule has 23 heavy (non-hydrogen) atoms.